The van der Waals surface area contributed by atoms with E-state index in [0.29, 0.717) is 0 Å². The maximum absolute atomic E-state index is 2.37. The van der Waals surface area contributed by atoms with E-state index in [2.05, 4.69) is 121 Å². The Morgan fingerprint density at radius 2 is 0.595 bits per heavy atom. The van der Waals surface area contributed by atoms with Crippen LogP contribution in [0.1, 0.15) is 28.7 Å². The molecule has 0 aromatic heterocycles. The molecule has 194 valence electrons. The Morgan fingerprint density at radius 3 is 0.838 bits per heavy atom. The zero-order valence-electron chi connectivity index (χ0n) is 21.6. The molecule has 4 aromatic carbocycles. The first-order chi connectivity index (χ1) is 17.2. The highest BCUT2D eigenvalue weighted by Gasteiger charge is 2.48. The first-order valence-electron chi connectivity index (χ1n) is 13.1. The van der Waals surface area contributed by atoms with Crippen LogP contribution in [0.25, 0.3) is 0 Å². The summed E-state index contributed by atoms with van der Waals surface area (Å²) in [6, 6.07) is 45.4. The van der Waals surface area contributed by atoms with Crippen molar-refractivity contribution in [3.8, 4) is 0 Å². The minimum absolute atomic E-state index is 0. The van der Waals surface area contributed by atoms with Crippen LogP contribution in [0.2, 0.25) is 0 Å². The van der Waals surface area contributed by atoms with Crippen molar-refractivity contribution in [2.75, 3.05) is 24.6 Å². The summed E-state index contributed by atoms with van der Waals surface area (Å²) in [5.41, 5.74) is 6.20. The summed E-state index contributed by atoms with van der Waals surface area (Å²) in [6.07, 6.45) is 12.4. The summed E-state index contributed by atoms with van der Waals surface area (Å²) in [4.78, 5) is 0. The lowest BCUT2D eigenvalue weighted by Crippen LogP contribution is -3.00. The third-order valence-electron chi connectivity index (χ3n) is 7.76. The molecule has 1 heterocycles. The summed E-state index contributed by atoms with van der Waals surface area (Å²) in [6.45, 7) is 0. The molecule has 5 rings (SSSR count). The van der Waals surface area contributed by atoms with Crippen molar-refractivity contribution < 1.29 is 34.0 Å². The van der Waals surface area contributed by atoms with Crippen molar-refractivity contribution >= 4 is 14.5 Å². The van der Waals surface area contributed by atoms with Gasteiger partial charge in [-0.3, -0.25) is 0 Å². The molecule has 0 nitrogen and oxygen atoms in total. The van der Waals surface area contributed by atoms with Gasteiger partial charge in [-0.2, -0.15) is 0 Å². The van der Waals surface area contributed by atoms with Crippen LogP contribution < -0.4 is 34.0 Å². The van der Waals surface area contributed by atoms with E-state index >= 15 is 0 Å². The minimum atomic E-state index is -1.14. The van der Waals surface area contributed by atoms with E-state index in [1.807, 2.05) is 0 Å². The monoisotopic (exact) mass is 654 g/mol. The molecule has 0 N–H and O–H groups in total. The van der Waals surface area contributed by atoms with Crippen LogP contribution >= 0.6 is 14.5 Å². The molecule has 1 saturated heterocycles. The molecule has 0 radical (unpaired) electrons. The molecule has 4 aromatic rings. The van der Waals surface area contributed by atoms with Gasteiger partial charge in [-0.25, -0.2) is 0 Å². The third kappa shape index (κ3) is 8.60. The highest BCUT2D eigenvalue weighted by Crippen LogP contribution is 2.74. The summed E-state index contributed by atoms with van der Waals surface area (Å²) in [5.74, 6) is 0. The fourth-order valence-electron chi connectivity index (χ4n) is 6.02. The lowest BCUT2D eigenvalue weighted by Gasteiger charge is -2.28. The second-order valence-electron chi connectivity index (χ2n) is 10.5. The standard InChI is InChI=1S/C33H38P2.2BrH/c1-5-14-30(15-6-1)26-34(27-31-16-7-2-8-17-31)22-13-23-35(25-24-34,28-32-18-9-3-10-19-32)29-33-20-11-4-12-21-33;;/h1-12,14-21H,13,22-29H2;2*1H/q+2;;/p-2. The van der Waals surface area contributed by atoms with E-state index in [-0.39, 0.29) is 34.0 Å². The highest BCUT2D eigenvalue weighted by molar-refractivity contribution is 7.78. The Balaban J connectivity index is 0.00000190. The number of rotatable bonds is 8. The Morgan fingerprint density at radius 1 is 0.351 bits per heavy atom. The van der Waals surface area contributed by atoms with Crippen molar-refractivity contribution in [3.63, 3.8) is 0 Å². The van der Waals surface area contributed by atoms with Crippen molar-refractivity contribution in [1.82, 2.24) is 0 Å². The largest absolute Gasteiger partial charge is 1.00 e. The molecule has 0 saturated carbocycles. The van der Waals surface area contributed by atoms with Gasteiger partial charge in [-0.1, -0.05) is 121 Å². The fourth-order valence-corrected chi connectivity index (χ4v) is 17.2. The highest BCUT2D eigenvalue weighted by atomic mass is 79.9. The van der Waals surface area contributed by atoms with Gasteiger partial charge in [0.15, 0.2) is 0 Å². The van der Waals surface area contributed by atoms with Crippen LogP contribution in [0.5, 0.6) is 0 Å². The molecule has 0 spiro atoms. The molecular weight excluding hydrogens is 618 g/mol. The van der Waals surface area contributed by atoms with Gasteiger partial charge in [-0.05, 0) is 22.3 Å². The SMILES string of the molecule is [Br-].[Br-].c1ccc(C[P+]2(Cc3ccccc3)CCC[P+](Cc3ccccc3)(Cc3ccccc3)CC2)cc1. The molecule has 0 bridgehead atoms. The molecular formula is C33H38Br2P2. The predicted octanol–water partition coefficient (Wildman–Crippen LogP) is 3.23. The zero-order valence-corrected chi connectivity index (χ0v) is 26.5. The van der Waals surface area contributed by atoms with E-state index in [1.165, 1.54) is 55.7 Å². The second-order valence-corrected chi connectivity index (χ2v) is 18.9. The number of halogens is 2. The van der Waals surface area contributed by atoms with Crippen LogP contribution in [-0.2, 0) is 24.6 Å². The minimum Gasteiger partial charge on any atom is -1.00 e. The molecule has 0 unspecified atom stereocenters. The summed E-state index contributed by atoms with van der Waals surface area (Å²) >= 11 is 0. The average molecular weight is 656 g/mol. The topological polar surface area (TPSA) is 0 Å². The van der Waals surface area contributed by atoms with E-state index in [1.54, 1.807) is 22.3 Å². The van der Waals surface area contributed by atoms with Gasteiger partial charge in [0.05, 0.1) is 49.3 Å². The quantitative estimate of drug-likeness (QED) is 0.256. The Hall–Kier alpha value is -1.30. The molecule has 1 fully saturated rings. The first kappa shape index (κ1) is 30.2. The number of hydrogen-bond acceptors (Lipinski definition) is 0. The summed E-state index contributed by atoms with van der Waals surface area (Å²) in [7, 11) is -2.28. The van der Waals surface area contributed by atoms with Crippen LogP contribution in [-0.4, -0.2) is 24.6 Å². The van der Waals surface area contributed by atoms with Gasteiger partial charge in [0, 0.05) is 20.9 Å². The van der Waals surface area contributed by atoms with Gasteiger partial charge in [0.1, 0.15) is 0 Å². The maximum atomic E-state index is 2.37. The van der Waals surface area contributed by atoms with Crippen molar-refractivity contribution in [1.29, 1.82) is 0 Å². The molecule has 1 aliphatic rings. The third-order valence-corrected chi connectivity index (χ3v) is 17.1. The smallest absolute Gasteiger partial charge is 0.0936 e. The predicted molar refractivity (Wildman–Crippen MR) is 159 cm³/mol. The van der Waals surface area contributed by atoms with Gasteiger partial charge in [0.2, 0.25) is 0 Å². The van der Waals surface area contributed by atoms with E-state index < -0.39 is 14.5 Å². The lowest BCUT2D eigenvalue weighted by molar-refractivity contribution is -0.00100. The average Bonchev–Trinajstić information content (AvgIpc) is 3.06. The molecule has 0 amide bonds. The van der Waals surface area contributed by atoms with E-state index in [9.17, 15) is 0 Å². The molecule has 0 atom stereocenters. The van der Waals surface area contributed by atoms with Crippen molar-refractivity contribution in [3.05, 3.63) is 144 Å². The van der Waals surface area contributed by atoms with Gasteiger partial charge < -0.3 is 34.0 Å². The summed E-state index contributed by atoms with van der Waals surface area (Å²) < 4.78 is 0. The second kappa shape index (κ2) is 14.7. The Bertz CT molecular complexity index is 990. The van der Waals surface area contributed by atoms with Gasteiger partial charge >= 0.3 is 0 Å². The zero-order chi connectivity index (χ0) is 23.8. The van der Waals surface area contributed by atoms with E-state index in [0.717, 1.165) is 0 Å². The van der Waals surface area contributed by atoms with Crippen molar-refractivity contribution in [2.45, 2.75) is 31.1 Å². The molecule has 37 heavy (non-hydrogen) atoms. The van der Waals surface area contributed by atoms with Crippen LogP contribution in [0.3, 0.4) is 0 Å². The molecule has 0 aliphatic carbocycles. The van der Waals surface area contributed by atoms with Crippen LogP contribution in [0.15, 0.2) is 121 Å². The van der Waals surface area contributed by atoms with Crippen LogP contribution in [0, 0.1) is 0 Å². The fraction of sp³-hybridized carbons (Fsp3) is 0.273. The number of hydrogen-bond donors (Lipinski definition) is 0. The first-order valence-corrected chi connectivity index (χ1v) is 18.1. The van der Waals surface area contributed by atoms with Crippen molar-refractivity contribution in [2.24, 2.45) is 0 Å². The Labute approximate surface area is 246 Å². The maximum Gasteiger partial charge on any atom is 0.0936 e. The van der Waals surface area contributed by atoms with Gasteiger partial charge in [-0.15, -0.1) is 0 Å². The Kier molecular flexibility index (Phi) is 12.1. The normalized spacial score (nSPS) is 16.0. The molecule has 4 heteroatoms. The summed E-state index contributed by atoms with van der Waals surface area (Å²) in [5, 5.41) is 0. The molecule has 1 aliphatic heterocycles. The van der Waals surface area contributed by atoms with Gasteiger partial charge in [0.25, 0.3) is 0 Å². The van der Waals surface area contributed by atoms with E-state index in [4.69, 9.17) is 0 Å². The number of benzene rings is 4. The lowest BCUT2D eigenvalue weighted by atomic mass is 10.2. The van der Waals surface area contributed by atoms with Crippen LogP contribution in [0.4, 0.5) is 0 Å².